The van der Waals surface area contributed by atoms with Crippen LogP contribution >= 0.6 is 0 Å². The van der Waals surface area contributed by atoms with Crippen LogP contribution < -0.4 is 0 Å². The zero-order valence-corrected chi connectivity index (χ0v) is 9.97. The van der Waals surface area contributed by atoms with Gasteiger partial charge < -0.3 is 9.84 Å². The van der Waals surface area contributed by atoms with Gasteiger partial charge in [-0.2, -0.15) is 5.26 Å². The third-order valence-corrected chi connectivity index (χ3v) is 2.34. The van der Waals surface area contributed by atoms with Gasteiger partial charge in [0.1, 0.15) is 0 Å². The molecule has 0 unspecified atom stereocenters. The molecular weight excluding hydrogens is 234 g/mol. The van der Waals surface area contributed by atoms with E-state index in [4.69, 9.17) is 15.1 Å². The number of carbonyl (C=O) groups excluding carboxylic acids is 1. The SMILES string of the molecule is CCOC(=O)c1cc(CCC#N)ccc1C(=O)O. The number of esters is 1. The lowest BCUT2D eigenvalue weighted by molar-refractivity contribution is 0.0514. The molecular formula is C13H13NO4. The van der Waals surface area contributed by atoms with Gasteiger partial charge in [-0.25, -0.2) is 9.59 Å². The monoisotopic (exact) mass is 247 g/mol. The van der Waals surface area contributed by atoms with Crippen LogP contribution in [0.5, 0.6) is 0 Å². The van der Waals surface area contributed by atoms with Crippen LogP contribution in [0, 0.1) is 11.3 Å². The molecule has 1 N–H and O–H groups in total. The summed E-state index contributed by atoms with van der Waals surface area (Å²) in [5, 5.41) is 17.5. The van der Waals surface area contributed by atoms with Gasteiger partial charge in [-0.1, -0.05) is 6.07 Å². The summed E-state index contributed by atoms with van der Waals surface area (Å²) in [6.45, 7) is 1.83. The lowest BCUT2D eigenvalue weighted by Crippen LogP contribution is -2.12. The molecule has 0 aliphatic carbocycles. The number of hydrogen-bond donors (Lipinski definition) is 1. The molecule has 0 aliphatic heterocycles. The first-order chi connectivity index (χ1) is 8.60. The first-order valence-electron chi connectivity index (χ1n) is 5.50. The summed E-state index contributed by atoms with van der Waals surface area (Å²) in [4.78, 5) is 22.6. The van der Waals surface area contributed by atoms with E-state index in [1.807, 2.05) is 6.07 Å². The molecule has 1 aromatic carbocycles. The lowest BCUT2D eigenvalue weighted by Gasteiger charge is -2.07. The first-order valence-corrected chi connectivity index (χ1v) is 5.50. The molecule has 0 bridgehead atoms. The lowest BCUT2D eigenvalue weighted by atomic mass is 10.0. The molecule has 94 valence electrons. The summed E-state index contributed by atoms with van der Waals surface area (Å²) in [5.74, 6) is -1.83. The third kappa shape index (κ3) is 3.32. The Morgan fingerprint density at radius 1 is 1.39 bits per heavy atom. The van der Waals surface area contributed by atoms with E-state index in [0.717, 1.165) is 5.56 Å². The van der Waals surface area contributed by atoms with Gasteiger partial charge in [0.05, 0.1) is 23.8 Å². The van der Waals surface area contributed by atoms with Crippen LogP contribution in [0.1, 0.15) is 39.6 Å². The van der Waals surface area contributed by atoms with E-state index in [1.54, 1.807) is 13.0 Å². The van der Waals surface area contributed by atoms with Crippen LogP contribution in [0.25, 0.3) is 0 Å². The molecule has 0 amide bonds. The number of carbonyl (C=O) groups is 2. The number of carboxylic acids is 1. The summed E-state index contributed by atoms with van der Waals surface area (Å²) in [5.41, 5.74) is 0.679. The molecule has 1 rings (SSSR count). The number of carboxylic acid groups (broad SMARTS) is 1. The molecule has 5 heteroatoms. The van der Waals surface area contributed by atoms with E-state index >= 15 is 0 Å². The highest BCUT2D eigenvalue weighted by Gasteiger charge is 2.17. The summed E-state index contributed by atoms with van der Waals surface area (Å²) in [6.07, 6.45) is 0.789. The molecule has 0 atom stereocenters. The van der Waals surface area contributed by atoms with Crippen molar-refractivity contribution in [3.05, 3.63) is 34.9 Å². The second-order valence-electron chi connectivity index (χ2n) is 3.56. The van der Waals surface area contributed by atoms with Gasteiger partial charge in [-0.3, -0.25) is 0 Å². The van der Waals surface area contributed by atoms with Crippen molar-refractivity contribution in [3.63, 3.8) is 0 Å². The Labute approximate surface area is 105 Å². The molecule has 0 aromatic heterocycles. The van der Waals surface area contributed by atoms with Gasteiger partial charge in [0.2, 0.25) is 0 Å². The van der Waals surface area contributed by atoms with Crippen molar-refractivity contribution >= 4 is 11.9 Å². The number of nitrogens with zero attached hydrogens (tertiary/aromatic N) is 1. The largest absolute Gasteiger partial charge is 0.478 e. The number of rotatable bonds is 5. The molecule has 0 radical (unpaired) electrons. The Bertz CT molecular complexity index is 502. The van der Waals surface area contributed by atoms with Gasteiger partial charge in [-0.05, 0) is 31.0 Å². The Morgan fingerprint density at radius 3 is 2.67 bits per heavy atom. The van der Waals surface area contributed by atoms with Crippen molar-refractivity contribution in [1.82, 2.24) is 0 Å². The summed E-state index contributed by atoms with van der Waals surface area (Å²) >= 11 is 0. The van der Waals surface area contributed by atoms with Gasteiger partial charge in [0.15, 0.2) is 0 Å². The molecule has 1 aromatic rings. The topological polar surface area (TPSA) is 87.4 Å². The molecule has 0 saturated heterocycles. The molecule has 0 fully saturated rings. The minimum absolute atomic E-state index is 0.0276. The summed E-state index contributed by atoms with van der Waals surface area (Å²) in [6, 6.07) is 6.43. The fraction of sp³-hybridized carbons (Fsp3) is 0.308. The van der Waals surface area contributed by atoms with Crippen molar-refractivity contribution in [2.45, 2.75) is 19.8 Å². The van der Waals surface area contributed by atoms with Crippen LogP contribution in [0.15, 0.2) is 18.2 Å². The maximum atomic E-state index is 11.6. The van der Waals surface area contributed by atoms with Gasteiger partial charge in [-0.15, -0.1) is 0 Å². The quantitative estimate of drug-likeness (QED) is 0.804. The van der Waals surface area contributed by atoms with E-state index in [-0.39, 0.29) is 17.7 Å². The second kappa shape index (κ2) is 6.40. The molecule has 0 spiro atoms. The van der Waals surface area contributed by atoms with Crippen molar-refractivity contribution in [3.8, 4) is 6.07 Å². The number of nitriles is 1. The highest BCUT2D eigenvalue weighted by atomic mass is 16.5. The van der Waals surface area contributed by atoms with E-state index in [1.165, 1.54) is 12.1 Å². The average Bonchev–Trinajstić information content (AvgIpc) is 2.36. The Kier molecular flexibility index (Phi) is 4.88. The standard InChI is InChI=1S/C13H13NO4/c1-2-18-13(17)11-8-9(4-3-7-14)5-6-10(11)12(15)16/h5-6,8H,2-4H2,1H3,(H,15,16). The average molecular weight is 247 g/mol. The molecule has 0 aliphatic rings. The van der Waals surface area contributed by atoms with Gasteiger partial charge in [0, 0.05) is 6.42 Å². The number of benzene rings is 1. The zero-order chi connectivity index (χ0) is 13.5. The predicted octanol–water partition coefficient (Wildman–Crippen LogP) is 2.02. The Morgan fingerprint density at radius 2 is 2.11 bits per heavy atom. The third-order valence-electron chi connectivity index (χ3n) is 2.34. The van der Waals surface area contributed by atoms with Crippen molar-refractivity contribution in [2.75, 3.05) is 6.61 Å². The van der Waals surface area contributed by atoms with E-state index in [9.17, 15) is 9.59 Å². The fourth-order valence-electron chi connectivity index (χ4n) is 1.51. The zero-order valence-electron chi connectivity index (χ0n) is 9.97. The fourth-order valence-corrected chi connectivity index (χ4v) is 1.51. The van der Waals surface area contributed by atoms with Crippen LogP contribution in [-0.4, -0.2) is 23.7 Å². The van der Waals surface area contributed by atoms with Gasteiger partial charge in [0.25, 0.3) is 0 Å². The first kappa shape index (κ1) is 13.7. The second-order valence-corrected chi connectivity index (χ2v) is 3.56. The van der Waals surface area contributed by atoms with Crippen LogP contribution in [0.3, 0.4) is 0 Å². The van der Waals surface area contributed by atoms with Crippen molar-refractivity contribution in [2.24, 2.45) is 0 Å². The molecule has 5 nitrogen and oxygen atoms in total. The Balaban J connectivity index is 3.12. The number of aromatic carboxylic acids is 1. The Hall–Kier alpha value is -2.35. The molecule has 0 heterocycles. The van der Waals surface area contributed by atoms with Crippen LogP contribution in [-0.2, 0) is 11.2 Å². The van der Waals surface area contributed by atoms with E-state index < -0.39 is 11.9 Å². The number of aryl methyl sites for hydroxylation is 1. The number of ether oxygens (including phenoxy) is 1. The van der Waals surface area contributed by atoms with Crippen LogP contribution in [0.2, 0.25) is 0 Å². The van der Waals surface area contributed by atoms with E-state index in [2.05, 4.69) is 0 Å². The maximum absolute atomic E-state index is 11.6. The highest BCUT2D eigenvalue weighted by molar-refractivity contribution is 6.02. The smallest absolute Gasteiger partial charge is 0.339 e. The highest BCUT2D eigenvalue weighted by Crippen LogP contribution is 2.15. The number of hydrogen-bond acceptors (Lipinski definition) is 4. The summed E-state index contributed by atoms with van der Waals surface area (Å²) < 4.78 is 4.81. The van der Waals surface area contributed by atoms with Crippen molar-refractivity contribution in [1.29, 1.82) is 5.26 Å². The summed E-state index contributed by atoms with van der Waals surface area (Å²) in [7, 11) is 0. The molecule has 18 heavy (non-hydrogen) atoms. The maximum Gasteiger partial charge on any atom is 0.339 e. The minimum atomic E-state index is -1.18. The predicted molar refractivity (Wildman–Crippen MR) is 63.3 cm³/mol. The minimum Gasteiger partial charge on any atom is -0.478 e. The normalized spacial score (nSPS) is 9.56. The van der Waals surface area contributed by atoms with Crippen LogP contribution in [0.4, 0.5) is 0 Å². The van der Waals surface area contributed by atoms with Crippen molar-refractivity contribution < 1.29 is 19.4 Å². The van der Waals surface area contributed by atoms with E-state index in [0.29, 0.717) is 12.8 Å². The van der Waals surface area contributed by atoms with Gasteiger partial charge >= 0.3 is 11.9 Å². The molecule has 0 saturated carbocycles.